The van der Waals surface area contributed by atoms with Crippen molar-refractivity contribution < 1.29 is 19.5 Å². The first-order chi connectivity index (χ1) is 10.2. The minimum absolute atomic E-state index is 0.0140. The molecule has 0 aliphatic carbocycles. The zero-order chi connectivity index (χ0) is 16.5. The van der Waals surface area contributed by atoms with Crippen LogP contribution in [0.2, 0.25) is 0 Å². The maximum absolute atomic E-state index is 12.2. The van der Waals surface area contributed by atoms with Gasteiger partial charge in [-0.25, -0.2) is 0 Å². The summed E-state index contributed by atoms with van der Waals surface area (Å²) >= 11 is 0. The number of para-hydroxylation sites is 1. The first kappa shape index (κ1) is 16.0. The number of carboxylic acids is 1. The summed E-state index contributed by atoms with van der Waals surface area (Å²) in [6.07, 6.45) is 0.284. The van der Waals surface area contributed by atoms with E-state index in [4.69, 9.17) is 0 Å². The van der Waals surface area contributed by atoms with Crippen LogP contribution >= 0.6 is 0 Å². The molecule has 0 aromatic heterocycles. The van der Waals surface area contributed by atoms with Crippen molar-refractivity contribution in [3.8, 4) is 0 Å². The lowest BCUT2D eigenvalue weighted by Gasteiger charge is -2.33. The van der Waals surface area contributed by atoms with Gasteiger partial charge in [0.15, 0.2) is 0 Å². The van der Waals surface area contributed by atoms with Gasteiger partial charge in [-0.2, -0.15) is 0 Å². The third-order valence-corrected chi connectivity index (χ3v) is 3.89. The van der Waals surface area contributed by atoms with E-state index in [0.29, 0.717) is 5.69 Å². The van der Waals surface area contributed by atoms with Crippen molar-refractivity contribution in [1.82, 2.24) is 4.90 Å². The number of carbonyl (C=O) groups is 3. The number of anilines is 1. The van der Waals surface area contributed by atoms with Crippen LogP contribution in [0.3, 0.4) is 0 Å². The molecule has 1 aromatic carbocycles. The Morgan fingerprint density at radius 1 is 1.18 bits per heavy atom. The van der Waals surface area contributed by atoms with Crippen molar-refractivity contribution in [2.75, 3.05) is 25.0 Å². The number of rotatable bonds is 4. The number of amides is 2. The third-order valence-electron chi connectivity index (χ3n) is 3.89. The Kier molecular flexibility index (Phi) is 4.21. The number of hydrogen-bond donors (Lipinski definition) is 1. The molecule has 0 bridgehead atoms. The van der Waals surface area contributed by atoms with Crippen LogP contribution in [-0.4, -0.2) is 47.9 Å². The molecule has 0 atom stereocenters. The van der Waals surface area contributed by atoms with E-state index in [0.717, 1.165) is 5.56 Å². The summed E-state index contributed by atoms with van der Waals surface area (Å²) in [5, 5.41) is 9.29. The second-order valence-corrected chi connectivity index (χ2v) is 6.22. The van der Waals surface area contributed by atoms with Gasteiger partial charge < -0.3 is 14.9 Å². The molecule has 0 spiro atoms. The van der Waals surface area contributed by atoms with Gasteiger partial charge in [-0.1, -0.05) is 18.2 Å². The molecule has 1 aliphatic rings. The first-order valence-electron chi connectivity index (χ1n) is 7.08. The average molecular weight is 304 g/mol. The number of likely N-dealkylation sites (N-methyl/N-ethyl adjacent to an activating group) is 1. The predicted octanol–water partition coefficient (Wildman–Crippen LogP) is 1.14. The number of benzene rings is 1. The molecule has 1 N–H and O–H groups in total. The van der Waals surface area contributed by atoms with Crippen LogP contribution < -0.4 is 4.90 Å². The normalized spacial score (nSPS) is 16.1. The van der Waals surface area contributed by atoms with Crippen molar-refractivity contribution in [3.05, 3.63) is 29.8 Å². The van der Waals surface area contributed by atoms with Gasteiger partial charge in [0.25, 0.3) is 0 Å². The summed E-state index contributed by atoms with van der Waals surface area (Å²) in [5.74, 6) is -1.20. The number of piperazine rings is 1. The van der Waals surface area contributed by atoms with E-state index in [1.54, 1.807) is 45.2 Å². The predicted molar refractivity (Wildman–Crippen MR) is 81.6 cm³/mol. The summed E-state index contributed by atoms with van der Waals surface area (Å²) in [6, 6.07) is 7.14. The summed E-state index contributed by atoms with van der Waals surface area (Å²) in [5.41, 5.74) is 0.416. The number of hydrogen-bond acceptors (Lipinski definition) is 3. The van der Waals surface area contributed by atoms with E-state index >= 15 is 0 Å². The fourth-order valence-corrected chi connectivity index (χ4v) is 2.42. The Morgan fingerprint density at radius 3 is 2.45 bits per heavy atom. The van der Waals surface area contributed by atoms with Gasteiger partial charge in [0.1, 0.15) is 6.54 Å². The second kappa shape index (κ2) is 5.79. The summed E-state index contributed by atoms with van der Waals surface area (Å²) in [6.45, 7) is 3.31. The molecular formula is C16H20N2O4. The molecule has 2 rings (SSSR count). The second-order valence-electron chi connectivity index (χ2n) is 6.22. The molecule has 6 heteroatoms. The largest absolute Gasteiger partial charge is 0.481 e. The summed E-state index contributed by atoms with van der Waals surface area (Å²) in [4.78, 5) is 38.2. The lowest BCUT2D eigenvalue weighted by Crippen LogP contribution is -2.52. The van der Waals surface area contributed by atoms with Gasteiger partial charge in [-0.3, -0.25) is 14.4 Å². The van der Waals surface area contributed by atoms with Crippen molar-refractivity contribution in [2.24, 2.45) is 5.41 Å². The molecule has 1 aromatic rings. The maximum atomic E-state index is 12.2. The SMILES string of the molecule is CN1CC(=O)N(c2ccccc2CC(C)(C)C(=O)O)CC1=O. The van der Waals surface area contributed by atoms with E-state index in [1.807, 2.05) is 0 Å². The van der Waals surface area contributed by atoms with Gasteiger partial charge >= 0.3 is 5.97 Å². The Labute approximate surface area is 129 Å². The zero-order valence-corrected chi connectivity index (χ0v) is 13.0. The topological polar surface area (TPSA) is 77.9 Å². The highest BCUT2D eigenvalue weighted by atomic mass is 16.4. The standard InChI is InChI=1S/C16H20N2O4/c1-16(2,15(21)22)8-11-6-4-5-7-12(11)18-10-13(19)17(3)9-14(18)20/h4-7H,8-10H2,1-3H3,(H,21,22). The minimum Gasteiger partial charge on any atom is -0.481 e. The molecule has 1 heterocycles. The molecule has 0 saturated carbocycles. The molecule has 1 aliphatic heterocycles. The Morgan fingerprint density at radius 2 is 1.82 bits per heavy atom. The first-order valence-corrected chi connectivity index (χ1v) is 7.08. The van der Waals surface area contributed by atoms with Crippen LogP contribution in [0.1, 0.15) is 19.4 Å². The van der Waals surface area contributed by atoms with Crippen molar-refractivity contribution in [2.45, 2.75) is 20.3 Å². The Balaban J connectivity index is 2.34. The molecular weight excluding hydrogens is 284 g/mol. The van der Waals surface area contributed by atoms with Gasteiger partial charge in [0.2, 0.25) is 11.8 Å². The molecule has 22 heavy (non-hydrogen) atoms. The van der Waals surface area contributed by atoms with E-state index in [-0.39, 0.29) is 31.3 Å². The molecule has 2 amide bonds. The molecule has 1 saturated heterocycles. The smallest absolute Gasteiger partial charge is 0.309 e. The third kappa shape index (κ3) is 3.10. The molecule has 118 valence electrons. The molecule has 0 unspecified atom stereocenters. The van der Waals surface area contributed by atoms with E-state index in [1.165, 1.54) is 9.80 Å². The van der Waals surface area contributed by atoms with Crippen LogP contribution in [0, 0.1) is 5.41 Å². The minimum atomic E-state index is -0.949. The van der Waals surface area contributed by atoms with Gasteiger partial charge in [0, 0.05) is 12.7 Å². The number of aliphatic carboxylic acids is 1. The lowest BCUT2D eigenvalue weighted by atomic mass is 9.85. The summed E-state index contributed by atoms with van der Waals surface area (Å²) < 4.78 is 0. The van der Waals surface area contributed by atoms with Crippen molar-refractivity contribution >= 4 is 23.5 Å². The van der Waals surface area contributed by atoms with Crippen LogP contribution in [0.25, 0.3) is 0 Å². The quantitative estimate of drug-likeness (QED) is 0.905. The highest BCUT2D eigenvalue weighted by molar-refractivity contribution is 6.04. The van der Waals surface area contributed by atoms with Gasteiger partial charge in [0.05, 0.1) is 12.0 Å². The van der Waals surface area contributed by atoms with Crippen LogP contribution in [0.4, 0.5) is 5.69 Å². The fourth-order valence-electron chi connectivity index (χ4n) is 2.42. The summed E-state index contributed by atoms with van der Waals surface area (Å²) in [7, 11) is 1.59. The van der Waals surface area contributed by atoms with Crippen molar-refractivity contribution in [1.29, 1.82) is 0 Å². The Bertz CT molecular complexity index is 624. The molecule has 1 fully saturated rings. The number of carbonyl (C=O) groups excluding carboxylic acids is 2. The zero-order valence-electron chi connectivity index (χ0n) is 13.0. The Hall–Kier alpha value is -2.37. The van der Waals surface area contributed by atoms with Gasteiger partial charge in [-0.05, 0) is 31.9 Å². The van der Waals surface area contributed by atoms with Gasteiger partial charge in [-0.15, -0.1) is 0 Å². The average Bonchev–Trinajstić information content (AvgIpc) is 2.43. The van der Waals surface area contributed by atoms with Crippen LogP contribution in [0.15, 0.2) is 24.3 Å². The van der Waals surface area contributed by atoms with E-state index in [2.05, 4.69) is 0 Å². The molecule has 0 radical (unpaired) electrons. The molecule has 6 nitrogen and oxygen atoms in total. The fraction of sp³-hybridized carbons (Fsp3) is 0.438. The highest BCUT2D eigenvalue weighted by Crippen LogP contribution is 2.29. The highest BCUT2D eigenvalue weighted by Gasteiger charge is 2.32. The monoisotopic (exact) mass is 304 g/mol. The van der Waals surface area contributed by atoms with Crippen molar-refractivity contribution in [3.63, 3.8) is 0 Å². The maximum Gasteiger partial charge on any atom is 0.309 e. The van der Waals surface area contributed by atoms with E-state index in [9.17, 15) is 19.5 Å². The number of carboxylic acid groups (broad SMARTS) is 1. The van der Waals surface area contributed by atoms with Crippen LogP contribution in [0.5, 0.6) is 0 Å². The lowest BCUT2D eigenvalue weighted by molar-refractivity contribution is -0.146. The van der Waals surface area contributed by atoms with E-state index < -0.39 is 11.4 Å². The van der Waals surface area contributed by atoms with Crippen LogP contribution in [-0.2, 0) is 20.8 Å². The number of nitrogens with zero attached hydrogens (tertiary/aromatic N) is 2.